The third-order valence-corrected chi connectivity index (χ3v) is 2.27. The molecule has 13 heavy (non-hydrogen) atoms. The van der Waals surface area contributed by atoms with Crippen molar-refractivity contribution in [3.63, 3.8) is 0 Å². The molecule has 3 nitrogen and oxygen atoms in total. The molecule has 1 aromatic heterocycles. The van der Waals surface area contributed by atoms with Gasteiger partial charge in [-0.2, -0.15) is 8.75 Å². The fraction of sp³-hybridized carbons (Fsp3) is 0.333. The zero-order valence-corrected chi connectivity index (χ0v) is 8.43. The summed E-state index contributed by atoms with van der Waals surface area (Å²) in [4.78, 5) is 0. The molecule has 1 heterocycles. The zero-order chi connectivity index (χ0) is 9.26. The highest BCUT2D eigenvalue weighted by Gasteiger charge is 2.00. The average molecular weight is 193 g/mol. The van der Waals surface area contributed by atoms with Gasteiger partial charge in [0.1, 0.15) is 11.0 Å². The molecule has 0 radical (unpaired) electrons. The van der Waals surface area contributed by atoms with Gasteiger partial charge in [0.2, 0.25) is 0 Å². The number of fused-ring (bicyclic) bond motifs is 1. The Kier molecular flexibility index (Phi) is 2.14. The predicted octanol–water partition coefficient (Wildman–Crippen LogP) is 2.51. The molecule has 2 rings (SSSR count). The molecule has 0 saturated carbocycles. The first-order valence-corrected chi connectivity index (χ1v) is 4.97. The molecule has 0 atom stereocenters. The fourth-order valence-electron chi connectivity index (χ4n) is 1.21. The van der Waals surface area contributed by atoms with Gasteiger partial charge in [0.15, 0.2) is 0 Å². The number of rotatable bonds is 2. The number of hydrogen-bond acceptors (Lipinski definition) is 4. The third kappa shape index (κ3) is 1.78. The molecule has 1 N–H and O–H groups in total. The van der Waals surface area contributed by atoms with Crippen molar-refractivity contribution in [2.45, 2.75) is 19.9 Å². The first-order chi connectivity index (χ1) is 6.25. The topological polar surface area (TPSA) is 37.8 Å². The quantitative estimate of drug-likeness (QED) is 0.796. The van der Waals surface area contributed by atoms with Gasteiger partial charge in [-0.1, -0.05) is 0 Å². The first kappa shape index (κ1) is 8.44. The summed E-state index contributed by atoms with van der Waals surface area (Å²) in [7, 11) is 0. The standard InChI is InChI=1S/C9H11N3S/c1-6(2)10-7-3-4-8-9(5-7)12-13-11-8/h3-6,10H,1-2H3. The van der Waals surface area contributed by atoms with Crippen LogP contribution in [0.5, 0.6) is 0 Å². The molecule has 2 aromatic rings. The molecule has 1 aromatic carbocycles. The highest BCUT2D eigenvalue weighted by atomic mass is 32.1. The van der Waals surface area contributed by atoms with Crippen molar-refractivity contribution < 1.29 is 0 Å². The highest BCUT2D eigenvalue weighted by molar-refractivity contribution is 7.00. The molecule has 0 saturated heterocycles. The Morgan fingerprint density at radius 3 is 2.77 bits per heavy atom. The molecular formula is C9H11N3S. The number of nitrogens with zero attached hydrogens (tertiary/aromatic N) is 2. The van der Waals surface area contributed by atoms with Crippen LogP contribution in [0.25, 0.3) is 11.0 Å². The number of anilines is 1. The van der Waals surface area contributed by atoms with Crippen LogP contribution in [0.4, 0.5) is 5.69 Å². The fourth-order valence-corrected chi connectivity index (χ4v) is 1.72. The molecule has 0 fully saturated rings. The van der Waals surface area contributed by atoms with Crippen LogP contribution in [-0.4, -0.2) is 14.8 Å². The molecule has 0 aliphatic rings. The average Bonchev–Trinajstić information content (AvgIpc) is 2.49. The van der Waals surface area contributed by atoms with E-state index < -0.39 is 0 Å². The van der Waals surface area contributed by atoms with Crippen LogP contribution in [0, 0.1) is 0 Å². The van der Waals surface area contributed by atoms with E-state index in [1.165, 1.54) is 11.7 Å². The normalized spacial score (nSPS) is 11.0. The van der Waals surface area contributed by atoms with E-state index in [4.69, 9.17) is 0 Å². The number of aromatic nitrogens is 2. The monoisotopic (exact) mass is 193 g/mol. The van der Waals surface area contributed by atoms with E-state index in [0.717, 1.165) is 16.7 Å². The van der Waals surface area contributed by atoms with Crippen LogP contribution in [-0.2, 0) is 0 Å². The smallest absolute Gasteiger partial charge is 0.106 e. The van der Waals surface area contributed by atoms with Crippen molar-refractivity contribution in [1.82, 2.24) is 8.75 Å². The Balaban J connectivity index is 2.37. The summed E-state index contributed by atoms with van der Waals surface area (Å²) in [6.45, 7) is 4.23. The van der Waals surface area contributed by atoms with Gasteiger partial charge in [0, 0.05) is 11.7 Å². The minimum atomic E-state index is 0.448. The van der Waals surface area contributed by atoms with Gasteiger partial charge < -0.3 is 5.32 Å². The van der Waals surface area contributed by atoms with Crippen LogP contribution in [0.2, 0.25) is 0 Å². The van der Waals surface area contributed by atoms with Crippen LogP contribution in [0.15, 0.2) is 18.2 Å². The zero-order valence-electron chi connectivity index (χ0n) is 7.61. The molecule has 0 aliphatic heterocycles. The van der Waals surface area contributed by atoms with Gasteiger partial charge in [0.05, 0.1) is 11.7 Å². The second kappa shape index (κ2) is 3.30. The molecule has 0 aliphatic carbocycles. The summed E-state index contributed by atoms with van der Waals surface area (Å²) in [5, 5.41) is 3.32. The summed E-state index contributed by atoms with van der Waals surface area (Å²) in [5.41, 5.74) is 3.05. The van der Waals surface area contributed by atoms with E-state index in [9.17, 15) is 0 Å². The van der Waals surface area contributed by atoms with Crippen molar-refractivity contribution in [2.75, 3.05) is 5.32 Å². The lowest BCUT2D eigenvalue weighted by Crippen LogP contribution is -2.09. The van der Waals surface area contributed by atoms with E-state index in [1.54, 1.807) is 0 Å². The summed E-state index contributed by atoms with van der Waals surface area (Å²) in [6, 6.07) is 6.50. The Labute approximate surface area is 81.1 Å². The van der Waals surface area contributed by atoms with Crippen molar-refractivity contribution in [3.8, 4) is 0 Å². The van der Waals surface area contributed by atoms with E-state index in [0.29, 0.717) is 6.04 Å². The SMILES string of the molecule is CC(C)Nc1ccc2nsnc2c1. The predicted molar refractivity (Wildman–Crippen MR) is 56.2 cm³/mol. The van der Waals surface area contributed by atoms with E-state index in [2.05, 4.69) is 27.9 Å². The molecule has 68 valence electrons. The van der Waals surface area contributed by atoms with Crippen molar-refractivity contribution in [3.05, 3.63) is 18.2 Å². The van der Waals surface area contributed by atoms with Crippen LogP contribution >= 0.6 is 11.7 Å². The second-order valence-corrected chi connectivity index (χ2v) is 3.80. The molecule has 0 unspecified atom stereocenters. The lowest BCUT2D eigenvalue weighted by Gasteiger charge is -2.08. The molecule has 0 spiro atoms. The minimum absolute atomic E-state index is 0.448. The molecular weight excluding hydrogens is 182 g/mol. The summed E-state index contributed by atoms with van der Waals surface area (Å²) < 4.78 is 8.32. The van der Waals surface area contributed by atoms with Gasteiger partial charge in [-0.15, -0.1) is 0 Å². The first-order valence-electron chi connectivity index (χ1n) is 4.24. The molecule has 0 amide bonds. The lowest BCUT2D eigenvalue weighted by molar-refractivity contribution is 0.900. The maximum Gasteiger partial charge on any atom is 0.106 e. The minimum Gasteiger partial charge on any atom is -0.383 e. The lowest BCUT2D eigenvalue weighted by atomic mass is 10.2. The summed E-state index contributed by atoms with van der Waals surface area (Å²) in [6.07, 6.45) is 0. The number of hydrogen-bond donors (Lipinski definition) is 1. The van der Waals surface area contributed by atoms with Gasteiger partial charge in [-0.25, -0.2) is 0 Å². The largest absolute Gasteiger partial charge is 0.383 e. The van der Waals surface area contributed by atoms with Crippen molar-refractivity contribution in [2.24, 2.45) is 0 Å². The Hall–Kier alpha value is -1.16. The number of nitrogens with one attached hydrogen (secondary N) is 1. The summed E-state index contributed by atoms with van der Waals surface area (Å²) in [5.74, 6) is 0. The Morgan fingerprint density at radius 2 is 2.00 bits per heavy atom. The van der Waals surface area contributed by atoms with Crippen molar-refractivity contribution >= 4 is 28.4 Å². The summed E-state index contributed by atoms with van der Waals surface area (Å²) >= 11 is 1.25. The Morgan fingerprint density at radius 1 is 1.23 bits per heavy atom. The number of benzene rings is 1. The maximum atomic E-state index is 4.18. The van der Waals surface area contributed by atoms with Crippen LogP contribution in [0.1, 0.15) is 13.8 Å². The second-order valence-electron chi connectivity index (χ2n) is 3.27. The molecule has 0 bridgehead atoms. The van der Waals surface area contributed by atoms with Crippen LogP contribution in [0.3, 0.4) is 0 Å². The van der Waals surface area contributed by atoms with Gasteiger partial charge >= 0.3 is 0 Å². The third-order valence-electron chi connectivity index (χ3n) is 1.71. The maximum absolute atomic E-state index is 4.18. The van der Waals surface area contributed by atoms with E-state index in [1.807, 2.05) is 18.2 Å². The van der Waals surface area contributed by atoms with Crippen LogP contribution < -0.4 is 5.32 Å². The van der Waals surface area contributed by atoms with E-state index in [-0.39, 0.29) is 0 Å². The van der Waals surface area contributed by atoms with Crippen molar-refractivity contribution in [1.29, 1.82) is 0 Å². The highest BCUT2D eigenvalue weighted by Crippen LogP contribution is 2.17. The molecule has 4 heteroatoms. The van der Waals surface area contributed by atoms with Gasteiger partial charge in [-0.3, -0.25) is 0 Å². The van der Waals surface area contributed by atoms with Gasteiger partial charge in [-0.05, 0) is 32.0 Å². The Bertz CT molecular complexity index is 408. The van der Waals surface area contributed by atoms with Gasteiger partial charge in [0.25, 0.3) is 0 Å². The van der Waals surface area contributed by atoms with E-state index >= 15 is 0 Å².